The zero-order chi connectivity index (χ0) is 34.8. The number of carbonyl (C=O) groups is 4. The van der Waals surface area contributed by atoms with Crippen LogP contribution in [-0.4, -0.2) is 123 Å². The number of rotatable bonds is 6. The maximum Gasteiger partial charge on any atom is 0.399 e. The number of nitrogens with zero attached hydrogens (tertiary/aromatic N) is 4. The van der Waals surface area contributed by atoms with Gasteiger partial charge in [-0.05, 0) is 55.7 Å². The molecule has 0 spiro atoms. The van der Waals surface area contributed by atoms with Crippen molar-refractivity contribution in [1.29, 1.82) is 0 Å². The number of carbonyl (C=O) groups excluding carboxylic acids is 4. The highest BCUT2D eigenvalue weighted by molar-refractivity contribution is 7.89. The molecule has 19 heteroatoms. The van der Waals surface area contributed by atoms with E-state index in [1.54, 1.807) is 4.90 Å². The zero-order valence-electron chi connectivity index (χ0n) is 26.0. The van der Waals surface area contributed by atoms with Crippen molar-refractivity contribution < 1.29 is 50.7 Å². The van der Waals surface area contributed by atoms with Gasteiger partial charge in [-0.25, -0.2) is 8.42 Å². The van der Waals surface area contributed by atoms with Crippen molar-refractivity contribution in [2.75, 3.05) is 38.5 Å². The first-order chi connectivity index (χ1) is 22.5. The minimum absolute atomic E-state index is 0.0384. The Morgan fingerprint density at radius 1 is 1.00 bits per heavy atom. The summed E-state index contributed by atoms with van der Waals surface area (Å²) in [6, 6.07) is 1.52. The number of benzene rings is 1. The topological polar surface area (TPSA) is 185 Å². The Balaban J connectivity index is 1.22. The van der Waals surface area contributed by atoms with Gasteiger partial charge < -0.3 is 29.8 Å². The number of sulfonamides is 1. The Hall–Kier alpha value is -3.02. The minimum Gasteiger partial charge on any atom is -0.340 e. The first kappa shape index (κ1) is 34.8. The molecule has 4 fully saturated rings. The summed E-state index contributed by atoms with van der Waals surface area (Å²) in [5.41, 5.74) is -5.35. The molecule has 4 aliphatic rings. The molecular formula is C29H36F2N5O9PS2. The van der Waals surface area contributed by atoms with E-state index in [4.69, 9.17) is 9.79 Å². The van der Waals surface area contributed by atoms with Gasteiger partial charge in [-0.2, -0.15) is 13.1 Å². The van der Waals surface area contributed by atoms with Crippen LogP contribution in [0.2, 0.25) is 0 Å². The van der Waals surface area contributed by atoms with Gasteiger partial charge in [0.2, 0.25) is 27.7 Å². The lowest BCUT2D eigenvalue weighted by molar-refractivity contribution is -0.148. The Morgan fingerprint density at radius 2 is 1.71 bits per heavy atom. The van der Waals surface area contributed by atoms with Crippen LogP contribution < -0.4 is 5.32 Å². The molecule has 3 N–H and O–H groups in total. The van der Waals surface area contributed by atoms with E-state index in [1.807, 2.05) is 0 Å². The highest BCUT2D eigenvalue weighted by Crippen LogP contribution is 2.59. The number of alkyl halides is 2. The Labute approximate surface area is 279 Å². The van der Waals surface area contributed by atoms with Gasteiger partial charge >= 0.3 is 13.3 Å². The molecule has 48 heavy (non-hydrogen) atoms. The van der Waals surface area contributed by atoms with E-state index in [-0.39, 0.29) is 59.5 Å². The minimum atomic E-state index is -5.81. The van der Waals surface area contributed by atoms with E-state index < -0.39 is 52.7 Å². The first-order valence-corrected chi connectivity index (χ1v) is 19.7. The van der Waals surface area contributed by atoms with Crippen LogP contribution in [-0.2, 0) is 34.6 Å². The lowest BCUT2D eigenvalue weighted by Gasteiger charge is -2.39. The second-order valence-corrected chi connectivity index (χ2v) is 17.5. The van der Waals surface area contributed by atoms with E-state index >= 15 is 0 Å². The second kappa shape index (κ2) is 12.7. The fraction of sp³-hybridized carbons (Fsp3) is 0.586. The molecule has 2 aromatic rings. The molecule has 0 radical (unpaired) electrons. The third-order valence-corrected chi connectivity index (χ3v) is 13.8. The SMILES string of the molecule is CC(=O)N1CC[C@H]2CC[C@@H](C(=O)N3CCC(N4CCCS4(=O)=O)C3)N2C(=O)C(NC(=O)c2cc3cc(C(F)(F)P(=O)(O)O)ccc3s2)C1. The number of nitrogens with one attached hydrogen (secondary N) is 1. The molecule has 1 aromatic heterocycles. The summed E-state index contributed by atoms with van der Waals surface area (Å²) in [5, 5.41) is 2.82. The maximum atomic E-state index is 14.3. The standard InChI is InChI=1S/C29H36F2N5O9PS2/c1-17(37)33-10-7-20-4-5-23(28(40)34-11-8-21(15-34)35-9-2-12-48(35,44)45)36(20)27(39)22(16-33)32-26(38)25-14-18-13-19(3-6-24(18)47-25)29(30,31)46(41,42)43/h3,6,13-14,20-23H,2,4-5,7-12,15-16H2,1H3,(H,32,38)(H2,41,42,43)/t20-,21?,22?,23+/m1/s1. The molecule has 4 aliphatic heterocycles. The van der Waals surface area contributed by atoms with Gasteiger partial charge in [-0.15, -0.1) is 11.3 Å². The van der Waals surface area contributed by atoms with E-state index in [2.05, 4.69) is 5.32 Å². The van der Waals surface area contributed by atoms with E-state index in [0.29, 0.717) is 49.9 Å². The second-order valence-electron chi connectivity index (χ2n) is 12.7. The number of fused-ring (bicyclic) bond motifs is 2. The summed E-state index contributed by atoms with van der Waals surface area (Å²) in [6.45, 7) is 2.48. The molecule has 2 unspecified atom stereocenters. The molecule has 1 aromatic carbocycles. The lowest BCUT2D eigenvalue weighted by atomic mass is 10.1. The average molecular weight is 732 g/mol. The van der Waals surface area contributed by atoms with E-state index in [1.165, 1.54) is 33.2 Å². The van der Waals surface area contributed by atoms with Crippen LogP contribution in [0.5, 0.6) is 0 Å². The van der Waals surface area contributed by atoms with Crippen LogP contribution >= 0.6 is 18.9 Å². The van der Waals surface area contributed by atoms with Crippen molar-refractivity contribution >= 4 is 62.7 Å². The quantitative estimate of drug-likeness (QED) is 0.371. The summed E-state index contributed by atoms with van der Waals surface area (Å²) < 4.78 is 66.8. The van der Waals surface area contributed by atoms with Crippen LogP contribution in [0.25, 0.3) is 10.1 Å². The largest absolute Gasteiger partial charge is 0.399 e. The van der Waals surface area contributed by atoms with Gasteiger partial charge in [-0.3, -0.25) is 23.7 Å². The van der Waals surface area contributed by atoms with Crippen molar-refractivity contribution in [2.24, 2.45) is 0 Å². The number of halogens is 2. The number of hydrogen-bond acceptors (Lipinski definition) is 8. The molecule has 0 saturated carbocycles. The van der Waals surface area contributed by atoms with Crippen molar-refractivity contribution in [3.8, 4) is 0 Å². The predicted octanol–water partition coefficient (Wildman–Crippen LogP) is 1.47. The molecule has 0 bridgehead atoms. The fourth-order valence-electron chi connectivity index (χ4n) is 7.21. The summed E-state index contributed by atoms with van der Waals surface area (Å²) in [5.74, 6) is -1.77. The van der Waals surface area contributed by atoms with Gasteiger partial charge in [0.15, 0.2) is 0 Å². The maximum absolute atomic E-state index is 14.3. The normalized spacial score (nSPS) is 26.9. The number of hydrogen-bond donors (Lipinski definition) is 3. The van der Waals surface area contributed by atoms with Crippen molar-refractivity contribution in [3.05, 3.63) is 34.7 Å². The van der Waals surface area contributed by atoms with Gasteiger partial charge in [0.05, 0.1) is 10.6 Å². The van der Waals surface area contributed by atoms with E-state index in [9.17, 15) is 40.9 Å². The van der Waals surface area contributed by atoms with Gasteiger partial charge in [-0.1, -0.05) is 6.07 Å². The molecule has 4 atom stereocenters. The van der Waals surface area contributed by atoms with E-state index in [0.717, 1.165) is 23.5 Å². The molecular weight excluding hydrogens is 695 g/mol. The van der Waals surface area contributed by atoms with Crippen LogP contribution in [0.4, 0.5) is 8.78 Å². The van der Waals surface area contributed by atoms with Crippen LogP contribution in [0.3, 0.4) is 0 Å². The van der Waals surface area contributed by atoms with Gasteiger partial charge in [0.1, 0.15) is 12.1 Å². The molecule has 5 heterocycles. The Kier molecular flexibility index (Phi) is 9.22. The monoisotopic (exact) mass is 731 g/mol. The van der Waals surface area contributed by atoms with Gasteiger partial charge in [0, 0.05) is 62.0 Å². The van der Waals surface area contributed by atoms with Crippen LogP contribution in [0, 0.1) is 0 Å². The Bertz CT molecular complexity index is 1820. The highest BCUT2D eigenvalue weighted by atomic mass is 32.2. The molecule has 262 valence electrons. The molecule has 4 saturated heterocycles. The number of amides is 4. The third kappa shape index (κ3) is 6.38. The lowest BCUT2D eigenvalue weighted by Crippen LogP contribution is -2.61. The average Bonchev–Trinajstić information content (AvgIpc) is 3.80. The van der Waals surface area contributed by atoms with Crippen molar-refractivity contribution in [1.82, 2.24) is 24.3 Å². The summed E-state index contributed by atoms with van der Waals surface area (Å²) >= 11 is 0.926. The first-order valence-electron chi connectivity index (χ1n) is 15.6. The van der Waals surface area contributed by atoms with Crippen molar-refractivity contribution in [3.63, 3.8) is 0 Å². The molecule has 4 amide bonds. The summed E-state index contributed by atoms with van der Waals surface area (Å²) in [6.07, 6.45) is 2.34. The number of likely N-dealkylation sites (tertiary alicyclic amines) is 1. The molecule has 0 aliphatic carbocycles. The summed E-state index contributed by atoms with van der Waals surface area (Å²) in [4.78, 5) is 76.9. The van der Waals surface area contributed by atoms with Crippen LogP contribution in [0.1, 0.15) is 54.3 Å². The summed E-state index contributed by atoms with van der Waals surface area (Å²) in [7, 11) is -9.17. The third-order valence-electron chi connectivity index (χ3n) is 9.70. The smallest absolute Gasteiger partial charge is 0.340 e. The molecule has 6 rings (SSSR count). The van der Waals surface area contributed by atoms with Gasteiger partial charge in [0.25, 0.3) is 5.91 Å². The van der Waals surface area contributed by atoms with Crippen molar-refractivity contribution in [2.45, 2.75) is 68.9 Å². The zero-order valence-corrected chi connectivity index (χ0v) is 28.5. The molecule has 14 nitrogen and oxygen atoms in total. The number of thiophene rings is 1. The van der Waals surface area contributed by atoms with Crippen LogP contribution in [0.15, 0.2) is 24.3 Å². The predicted molar refractivity (Wildman–Crippen MR) is 170 cm³/mol. The Morgan fingerprint density at radius 3 is 2.38 bits per heavy atom. The highest BCUT2D eigenvalue weighted by Gasteiger charge is 2.51. The fourth-order valence-corrected chi connectivity index (χ4v) is 10.4.